The number of ether oxygens (including phenoxy) is 1. The maximum Gasteiger partial charge on any atom is 0.255 e. The summed E-state index contributed by atoms with van der Waals surface area (Å²) < 4.78 is 6.97. The Balaban J connectivity index is 1.65. The smallest absolute Gasteiger partial charge is 0.255 e. The lowest BCUT2D eigenvalue weighted by Crippen LogP contribution is -2.42. The lowest BCUT2D eigenvalue weighted by Gasteiger charge is -2.33. The molecule has 0 amide bonds. The topological polar surface area (TPSA) is 77.3 Å². The molecule has 0 aliphatic carbocycles. The van der Waals surface area contributed by atoms with Crippen LogP contribution >= 0.6 is 0 Å². The number of carbonyl (C=O) groups excluding carboxylic acids is 1. The fourth-order valence-electron chi connectivity index (χ4n) is 4.09. The number of aromatic nitrogens is 3. The van der Waals surface area contributed by atoms with Crippen molar-refractivity contribution in [2.45, 2.75) is 19.8 Å². The monoisotopic (exact) mass is 418 g/mol. The summed E-state index contributed by atoms with van der Waals surface area (Å²) in [5.41, 5.74) is 2.94. The molecule has 3 heterocycles. The predicted octanol–water partition coefficient (Wildman–Crippen LogP) is 3.26. The van der Waals surface area contributed by atoms with E-state index in [1.54, 1.807) is 31.1 Å². The SMILES string of the molecule is COc1ccc(C)cc1C(=O)C1CCCN(c2nc(-c3ccncc3)cc(=O)n2C)C1. The standard InChI is InChI=1S/C24H26N4O3/c1-16-6-7-21(31-3)19(13-16)23(30)18-5-4-12-28(15-18)24-26-20(14-22(29)27(24)2)17-8-10-25-11-9-17/h6-11,13-14,18H,4-5,12,15H2,1-3H3. The van der Waals surface area contributed by atoms with E-state index in [0.717, 1.165) is 30.5 Å². The molecule has 1 atom stereocenters. The van der Waals surface area contributed by atoms with Gasteiger partial charge in [-0.05, 0) is 44.0 Å². The van der Waals surface area contributed by atoms with Crippen LogP contribution in [0.4, 0.5) is 5.95 Å². The zero-order valence-electron chi connectivity index (χ0n) is 18.0. The van der Waals surface area contributed by atoms with Crippen LogP contribution in [-0.2, 0) is 7.05 Å². The van der Waals surface area contributed by atoms with Gasteiger partial charge in [-0.25, -0.2) is 4.98 Å². The summed E-state index contributed by atoms with van der Waals surface area (Å²) in [6, 6.07) is 10.9. The molecule has 2 aromatic heterocycles. The van der Waals surface area contributed by atoms with Crippen molar-refractivity contribution in [2.75, 3.05) is 25.1 Å². The summed E-state index contributed by atoms with van der Waals surface area (Å²) in [6.45, 7) is 3.22. The number of methoxy groups -OCH3 is 1. The number of Topliss-reactive ketones (excluding diaryl/α,β-unsaturated/α-hetero) is 1. The van der Waals surface area contributed by atoms with Crippen molar-refractivity contribution in [1.29, 1.82) is 0 Å². The van der Waals surface area contributed by atoms with Crippen LogP contribution in [-0.4, -0.2) is 40.5 Å². The second-order valence-corrected chi connectivity index (χ2v) is 7.93. The Kier molecular flexibility index (Phi) is 5.84. The largest absolute Gasteiger partial charge is 0.496 e. The van der Waals surface area contributed by atoms with Crippen LogP contribution in [0.2, 0.25) is 0 Å². The van der Waals surface area contributed by atoms with E-state index in [1.807, 2.05) is 42.2 Å². The first-order valence-corrected chi connectivity index (χ1v) is 10.4. The molecule has 1 saturated heterocycles. The normalized spacial score (nSPS) is 16.2. The van der Waals surface area contributed by atoms with Gasteiger partial charge in [-0.2, -0.15) is 0 Å². The number of piperidine rings is 1. The molecule has 0 bridgehead atoms. The van der Waals surface area contributed by atoms with Crippen molar-refractivity contribution in [3.05, 3.63) is 70.3 Å². The molecule has 0 saturated carbocycles. The molecule has 1 fully saturated rings. The third kappa shape index (κ3) is 4.21. The Bertz CT molecular complexity index is 1160. The van der Waals surface area contributed by atoms with Crippen molar-refractivity contribution in [2.24, 2.45) is 13.0 Å². The summed E-state index contributed by atoms with van der Waals surface area (Å²) in [5.74, 6) is 1.05. The average molecular weight is 418 g/mol. The molecule has 160 valence electrons. The van der Waals surface area contributed by atoms with Gasteiger partial charge in [0.25, 0.3) is 5.56 Å². The number of nitrogens with zero attached hydrogens (tertiary/aromatic N) is 4. The number of hydrogen-bond donors (Lipinski definition) is 0. The Morgan fingerprint density at radius 1 is 1.16 bits per heavy atom. The summed E-state index contributed by atoms with van der Waals surface area (Å²) in [6.07, 6.45) is 5.00. The van der Waals surface area contributed by atoms with Crippen LogP contribution in [0.1, 0.15) is 28.8 Å². The van der Waals surface area contributed by atoms with Gasteiger partial charge in [-0.15, -0.1) is 0 Å². The Hall–Kier alpha value is -3.48. The van der Waals surface area contributed by atoms with Gasteiger partial charge in [-0.1, -0.05) is 11.6 Å². The quantitative estimate of drug-likeness (QED) is 0.592. The van der Waals surface area contributed by atoms with Crippen molar-refractivity contribution < 1.29 is 9.53 Å². The fraction of sp³-hybridized carbons (Fsp3) is 0.333. The molecule has 0 radical (unpaired) electrons. The van der Waals surface area contributed by atoms with Crippen LogP contribution in [0, 0.1) is 12.8 Å². The molecule has 31 heavy (non-hydrogen) atoms. The van der Waals surface area contributed by atoms with Gasteiger partial charge >= 0.3 is 0 Å². The number of aryl methyl sites for hydroxylation is 1. The summed E-state index contributed by atoms with van der Waals surface area (Å²) in [7, 11) is 3.30. The van der Waals surface area contributed by atoms with Gasteiger partial charge in [0.2, 0.25) is 5.95 Å². The van der Waals surface area contributed by atoms with Gasteiger partial charge in [0.05, 0.1) is 18.4 Å². The molecule has 3 aromatic rings. The first kappa shape index (κ1) is 20.8. The molecule has 1 aliphatic rings. The van der Waals surface area contributed by atoms with E-state index >= 15 is 0 Å². The highest BCUT2D eigenvalue weighted by Crippen LogP contribution is 2.29. The van der Waals surface area contributed by atoms with Gasteiger partial charge < -0.3 is 9.64 Å². The molecule has 1 aliphatic heterocycles. The van der Waals surface area contributed by atoms with E-state index in [-0.39, 0.29) is 17.3 Å². The van der Waals surface area contributed by atoms with Gasteiger partial charge in [0.1, 0.15) is 5.75 Å². The number of pyridine rings is 1. The van der Waals surface area contributed by atoms with E-state index in [2.05, 4.69) is 4.98 Å². The van der Waals surface area contributed by atoms with Gasteiger partial charge in [-0.3, -0.25) is 19.1 Å². The Labute approximate surface area is 181 Å². The molecule has 7 heteroatoms. The molecular weight excluding hydrogens is 392 g/mol. The number of hydrogen-bond acceptors (Lipinski definition) is 6. The number of anilines is 1. The van der Waals surface area contributed by atoms with Gasteiger partial charge in [0.15, 0.2) is 5.78 Å². The maximum atomic E-state index is 13.3. The number of rotatable bonds is 5. The average Bonchev–Trinajstić information content (AvgIpc) is 2.81. The highest BCUT2D eigenvalue weighted by Gasteiger charge is 2.30. The Morgan fingerprint density at radius 2 is 1.94 bits per heavy atom. The predicted molar refractivity (Wildman–Crippen MR) is 120 cm³/mol. The maximum absolute atomic E-state index is 13.3. The number of carbonyl (C=O) groups is 1. The van der Waals surface area contributed by atoms with Gasteiger partial charge in [0, 0.05) is 50.1 Å². The van der Waals surface area contributed by atoms with E-state index in [1.165, 1.54) is 6.07 Å². The summed E-state index contributed by atoms with van der Waals surface area (Å²) >= 11 is 0. The van der Waals surface area contributed by atoms with E-state index < -0.39 is 0 Å². The summed E-state index contributed by atoms with van der Waals surface area (Å²) in [5, 5.41) is 0. The molecule has 1 aromatic carbocycles. The van der Waals surface area contributed by atoms with Crippen molar-refractivity contribution in [1.82, 2.24) is 14.5 Å². The zero-order chi connectivity index (χ0) is 22.0. The van der Waals surface area contributed by atoms with Crippen LogP contribution in [0.25, 0.3) is 11.3 Å². The minimum atomic E-state index is -0.189. The Morgan fingerprint density at radius 3 is 2.68 bits per heavy atom. The molecule has 7 nitrogen and oxygen atoms in total. The fourth-order valence-corrected chi connectivity index (χ4v) is 4.09. The second kappa shape index (κ2) is 8.71. The van der Waals surface area contributed by atoms with Crippen molar-refractivity contribution in [3.63, 3.8) is 0 Å². The van der Waals surface area contributed by atoms with Crippen molar-refractivity contribution >= 4 is 11.7 Å². The number of ketones is 1. The van der Waals surface area contributed by atoms with Crippen LogP contribution < -0.4 is 15.2 Å². The molecule has 0 spiro atoms. The lowest BCUT2D eigenvalue weighted by molar-refractivity contribution is 0.0903. The van der Waals surface area contributed by atoms with Crippen LogP contribution in [0.15, 0.2) is 53.6 Å². The molecule has 1 unspecified atom stereocenters. The first-order chi connectivity index (χ1) is 15.0. The number of benzene rings is 1. The van der Waals surface area contributed by atoms with E-state index in [9.17, 15) is 9.59 Å². The van der Waals surface area contributed by atoms with E-state index in [4.69, 9.17) is 9.72 Å². The zero-order valence-corrected chi connectivity index (χ0v) is 18.0. The third-order valence-electron chi connectivity index (χ3n) is 5.78. The van der Waals surface area contributed by atoms with Crippen LogP contribution in [0.3, 0.4) is 0 Å². The van der Waals surface area contributed by atoms with Crippen molar-refractivity contribution in [3.8, 4) is 17.0 Å². The lowest BCUT2D eigenvalue weighted by atomic mass is 9.89. The second-order valence-electron chi connectivity index (χ2n) is 7.93. The molecule has 0 N–H and O–H groups in total. The third-order valence-corrected chi connectivity index (χ3v) is 5.78. The minimum Gasteiger partial charge on any atom is -0.496 e. The summed E-state index contributed by atoms with van der Waals surface area (Å²) in [4.78, 5) is 36.8. The highest BCUT2D eigenvalue weighted by atomic mass is 16.5. The van der Waals surface area contributed by atoms with E-state index in [0.29, 0.717) is 29.5 Å². The highest BCUT2D eigenvalue weighted by molar-refractivity contribution is 6.00. The minimum absolute atomic E-state index is 0.0699. The first-order valence-electron chi connectivity index (χ1n) is 10.4. The molecule has 4 rings (SSSR count). The van der Waals surface area contributed by atoms with Crippen LogP contribution in [0.5, 0.6) is 5.75 Å². The molecular formula is C24H26N4O3.